The maximum Gasteiger partial charge on any atom is 0.547 e. The van der Waals surface area contributed by atoms with Gasteiger partial charge in [-0.3, -0.25) is 19.3 Å². The Balaban J connectivity index is 1.62. The van der Waals surface area contributed by atoms with Crippen LogP contribution >= 0.6 is 0 Å². The lowest BCUT2D eigenvalue weighted by Crippen LogP contribution is -2.60. The first-order chi connectivity index (χ1) is 18.9. The lowest BCUT2D eigenvalue weighted by molar-refractivity contribution is -0.153. The molecule has 1 unspecified atom stereocenters. The first kappa shape index (κ1) is 28.2. The number of imide groups is 1. The minimum atomic E-state index is -2.01. The second kappa shape index (κ2) is 11.1. The average Bonchev–Trinajstić information content (AvgIpc) is 2.88. The highest BCUT2D eigenvalue weighted by molar-refractivity contribution is 6.47. The Labute approximate surface area is 226 Å². The molecular weight excluding hydrogens is 534 g/mol. The molecule has 1 saturated heterocycles. The smallest absolute Gasteiger partial charge is 0.534 e. The van der Waals surface area contributed by atoms with E-state index in [0.717, 1.165) is 6.07 Å². The Morgan fingerprint density at radius 3 is 2.55 bits per heavy atom. The molecule has 6 N–H and O–H groups in total. The fourth-order valence-corrected chi connectivity index (χ4v) is 4.50. The molecule has 0 aliphatic carbocycles. The molecule has 2 atom stereocenters. The monoisotopic (exact) mass is 558 g/mol. The van der Waals surface area contributed by atoms with Crippen molar-refractivity contribution in [1.29, 1.82) is 0 Å². The summed E-state index contributed by atoms with van der Waals surface area (Å²) < 4.78 is 20.2. The highest BCUT2D eigenvalue weighted by Crippen LogP contribution is 2.33. The van der Waals surface area contributed by atoms with Gasteiger partial charge in [0.1, 0.15) is 29.1 Å². The fourth-order valence-electron chi connectivity index (χ4n) is 4.50. The summed E-state index contributed by atoms with van der Waals surface area (Å²) in [6.45, 7) is 1.66. The van der Waals surface area contributed by atoms with E-state index in [0.29, 0.717) is 16.5 Å². The van der Waals surface area contributed by atoms with Crippen molar-refractivity contribution in [2.24, 2.45) is 0 Å². The zero-order valence-electron chi connectivity index (χ0n) is 21.0. The molecule has 0 spiro atoms. The zero-order valence-corrected chi connectivity index (χ0v) is 21.0. The minimum Gasteiger partial charge on any atom is -0.534 e. The maximum absolute atomic E-state index is 14.9. The van der Waals surface area contributed by atoms with Crippen molar-refractivity contribution in [2.45, 2.75) is 25.3 Å². The van der Waals surface area contributed by atoms with Crippen LogP contribution in [0.5, 0.6) is 17.2 Å². The van der Waals surface area contributed by atoms with Crippen molar-refractivity contribution >= 4 is 36.8 Å². The van der Waals surface area contributed by atoms with Crippen LogP contribution in [0.2, 0.25) is 0 Å². The first-order valence-electron chi connectivity index (χ1n) is 12.1. The number of piperazine rings is 1. The summed E-state index contributed by atoms with van der Waals surface area (Å²) in [4.78, 5) is 64.3. The summed E-state index contributed by atoms with van der Waals surface area (Å²) in [7, 11) is -1.76. The number of hydrogen-bond donors (Lipinski definition) is 6. The molecule has 210 valence electrons. The van der Waals surface area contributed by atoms with E-state index in [2.05, 4.69) is 10.6 Å². The Bertz CT molecular complexity index is 1380. The number of aromatic carboxylic acids is 1. The molecule has 14 nitrogen and oxygen atoms in total. The van der Waals surface area contributed by atoms with E-state index in [9.17, 15) is 48.7 Å². The van der Waals surface area contributed by atoms with E-state index in [-0.39, 0.29) is 37.4 Å². The number of hydrogen-bond acceptors (Lipinski definition) is 9. The number of aromatic hydroxyl groups is 2. The second-order valence-electron chi connectivity index (χ2n) is 9.01. The van der Waals surface area contributed by atoms with Crippen LogP contribution in [0.4, 0.5) is 9.18 Å². The van der Waals surface area contributed by atoms with E-state index in [1.807, 2.05) is 0 Å². The highest BCUT2D eigenvalue weighted by Gasteiger charge is 2.42. The third-order valence-electron chi connectivity index (χ3n) is 6.52. The van der Waals surface area contributed by atoms with Gasteiger partial charge in [-0.05, 0) is 25.0 Å². The van der Waals surface area contributed by atoms with E-state index >= 15 is 0 Å². The van der Waals surface area contributed by atoms with Crippen molar-refractivity contribution in [3.8, 4) is 17.2 Å². The highest BCUT2D eigenvalue weighted by atomic mass is 19.1. The molecule has 2 heterocycles. The van der Waals surface area contributed by atoms with Gasteiger partial charge in [0, 0.05) is 31.8 Å². The molecule has 2 aliphatic heterocycles. The molecular formula is C24H24BFN4O10. The van der Waals surface area contributed by atoms with Crippen LogP contribution in [-0.4, -0.2) is 92.6 Å². The van der Waals surface area contributed by atoms with Crippen LogP contribution in [0.25, 0.3) is 0 Å². The van der Waals surface area contributed by atoms with Gasteiger partial charge in [0.05, 0.1) is 17.1 Å². The van der Waals surface area contributed by atoms with Crippen molar-refractivity contribution in [3.63, 3.8) is 0 Å². The van der Waals surface area contributed by atoms with E-state index in [4.69, 9.17) is 4.65 Å². The molecule has 4 rings (SSSR count). The van der Waals surface area contributed by atoms with Crippen LogP contribution in [-0.2, 0) is 20.8 Å². The number of carbonyl (C=O) groups is 5. The zero-order chi connectivity index (χ0) is 29.3. The van der Waals surface area contributed by atoms with Crippen LogP contribution < -0.4 is 15.3 Å². The predicted octanol–water partition coefficient (Wildman–Crippen LogP) is -0.484. The number of rotatable bonds is 6. The lowest BCUT2D eigenvalue weighted by atomic mass is 9.72. The molecule has 0 saturated carbocycles. The van der Waals surface area contributed by atoms with Gasteiger partial charge >= 0.3 is 30.9 Å². The summed E-state index contributed by atoms with van der Waals surface area (Å²) in [6.07, 6.45) is -0.125. The normalized spacial score (nSPS) is 17.6. The number of nitrogens with one attached hydrogen (secondary N) is 2. The van der Waals surface area contributed by atoms with Crippen LogP contribution in [0.3, 0.4) is 0 Å². The summed E-state index contributed by atoms with van der Waals surface area (Å²) in [5, 5.41) is 44.3. The molecule has 16 heteroatoms. The predicted molar refractivity (Wildman–Crippen MR) is 133 cm³/mol. The molecule has 0 bridgehead atoms. The Morgan fingerprint density at radius 1 is 1.18 bits per heavy atom. The quantitative estimate of drug-likeness (QED) is 0.198. The van der Waals surface area contributed by atoms with Gasteiger partial charge in [-0.2, -0.15) is 0 Å². The van der Waals surface area contributed by atoms with Gasteiger partial charge in [-0.25, -0.2) is 14.0 Å². The number of para-hydroxylation sites is 1. The largest absolute Gasteiger partial charge is 0.547 e. The van der Waals surface area contributed by atoms with Crippen LogP contribution in [0.15, 0.2) is 30.3 Å². The number of halogens is 1. The fraction of sp³-hybridized carbons (Fsp3) is 0.292. The first-order valence-corrected chi connectivity index (χ1v) is 12.1. The number of nitrogens with zero attached hydrogens (tertiary/aromatic N) is 2. The summed E-state index contributed by atoms with van der Waals surface area (Å²) in [6, 6.07) is 2.26. The van der Waals surface area contributed by atoms with Crippen molar-refractivity contribution in [3.05, 3.63) is 52.8 Å². The SMILES string of the molecule is CCN1CCN(C(=O)NC(C(=O)N[C@H]2Cc3cccc(C(=O)O)c3OB2O)c2c(O)cc(O)cc2F)C(=O)C1=O. The van der Waals surface area contributed by atoms with E-state index < -0.39 is 71.7 Å². The molecule has 2 aliphatic rings. The van der Waals surface area contributed by atoms with Crippen molar-refractivity contribution in [2.75, 3.05) is 19.6 Å². The molecule has 0 radical (unpaired) electrons. The number of phenolic OH excluding ortho intramolecular Hbond substituents is 2. The van der Waals surface area contributed by atoms with E-state index in [1.54, 1.807) is 6.92 Å². The number of carboxylic acids is 1. The van der Waals surface area contributed by atoms with Gasteiger partial charge in [0.25, 0.3) is 0 Å². The molecule has 2 aromatic carbocycles. The van der Waals surface area contributed by atoms with Gasteiger partial charge in [0.2, 0.25) is 5.91 Å². The molecule has 2 aromatic rings. The van der Waals surface area contributed by atoms with Crippen LogP contribution in [0, 0.1) is 5.82 Å². The third kappa shape index (κ3) is 5.33. The summed E-state index contributed by atoms with van der Waals surface area (Å²) in [5.41, 5.74) is -0.660. The van der Waals surface area contributed by atoms with Gasteiger partial charge < -0.3 is 40.5 Å². The maximum atomic E-state index is 14.9. The second-order valence-corrected chi connectivity index (χ2v) is 9.01. The Kier molecular flexibility index (Phi) is 7.81. The number of benzene rings is 2. The summed E-state index contributed by atoms with van der Waals surface area (Å²) in [5.74, 6) is -8.79. The number of carboxylic acid groups (broad SMARTS) is 1. The van der Waals surface area contributed by atoms with Gasteiger partial charge in [-0.1, -0.05) is 12.1 Å². The number of amides is 5. The van der Waals surface area contributed by atoms with E-state index in [1.165, 1.54) is 23.1 Å². The Morgan fingerprint density at radius 2 is 1.90 bits per heavy atom. The summed E-state index contributed by atoms with van der Waals surface area (Å²) >= 11 is 0. The molecule has 0 aromatic heterocycles. The lowest BCUT2D eigenvalue weighted by Gasteiger charge is -2.33. The van der Waals surface area contributed by atoms with Gasteiger partial charge in [0.15, 0.2) is 0 Å². The van der Waals surface area contributed by atoms with Crippen LogP contribution in [0.1, 0.15) is 34.5 Å². The topological polar surface area (TPSA) is 206 Å². The minimum absolute atomic E-state index is 0.0214. The third-order valence-corrected chi connectivity index (χ3v) is 6.52. The number of urea groups is 1. The number of fused-ring (bicyclic) bond motifs is 1. The molecule has 1 fully saturated rings. The molecule has 40 heavy (non-hydrogen) atoms. The average molecular weight is 558 g/mol. The van der Waals surface area contributed by atoms with Crippen molar-refractivity contribution < 1.29 is 53.4 Å². The number of likely N-dealkylation sites (N-methyl/N-ethyl adjacent to an activating group) is 1. The number of phenols is 2. The van der Waals surface area contributed by atoms with Crippen molar-refractivity contribution in [1.82, 2.24) is 20.4 Å². The Hall–Kier alpha value is -4.86. The van der Waals surface area contributed by atoms with Gasteiger partial charge in [-0.15, -0.1) is 0 Å². The standard InChI is InChI=1S/C24H24BFN4O10/c1-2-29-6-7-30(22(35)21(29)34)24(38)28-18(17-14(26)9-12(31)10-15(17)32)20(33)27-16-8-11-4-3-5-13(23(36)37)19(11)40-25(16)39/h3-5,9-10,16,18,31-32,39H,2,6-8H2,1H3,(H,27,33)(H,28,38)(H,36,37)/t16-,18?/m0/s1. The molecule has 5 amide bonds. The number of carbonyl (C=O) groups excluding carboxylic acids is 4.